The zero-order chi connectivity index (χ0) is 13.1. The standard InChI is InChI=1S/C13H12BrCl2NS/c1-17-12(7-13-10(14)4-5-18-13)9-3-2-8(15)6-11(9)16/h2-6,12,17H,7H2,1H3. The molecule has 96 valence electrons. The van der Waals surface area contributed by atoms with Crippen molar-refractivity contribution >= 4 is 50.5 Å². The number of halogens is 3. The van der Waals surface area contributed by atoms with Gasteiger partial charge in [-0.15, -0.1) is 11.3 Å². The van der Waals surface area contributed by atoms with Gasteiger partial charge in [0.2, 0.25) is 0 Å². The molecular weight excluding hydrogens is 353 g/mol. The molecule has 0 aliphatic rings. The molecule has 0 aliphatic carbocycles. The number of hydrogen-bond donors (Lipinski definition) is 1. The lowest BCUT2D eigenvalue weighted by Crippen LogP contribution is -2.18. The van der Waals surface area contributed by atoms with Crippen molar-refractivity contribution < 1.29 is 0 Å². The summed E-state index contributed by atoms with van der Waals surface area (Å²) >= 11 is 17.5. The van der Waals surface area contributed by atoms with Crippen molar-refractivity contribution in [2.24, 2.45) is 0 Å². The molecule has 0 saturated carbocycles. The van der Waals surface area contributed by atoms with E-state index in [2.05, 4.69) is 32.7 Å². The smallest absolute Gasteiger partial charge is 0.0468 e. The van der Waals surface area contributed by atoms with Crippen LogP contribution >= 0.6 is 50.5 Å². The summed E-state index contributed by atoms with van der Waals surface area (Å²) in [4.78, 5) is 1.31. The number of hydrogen-bond acceptors (Lipinski definition) is 2. The van der Waals surface area contributed by atoms with Gasteiger partial charge in [-0.25, -0.2) is 0 Å². The maximum Gasteiger partial charge on any atom is 0.0468 e. The van der Waals surface area contributed by atoms with Gasteiger partial charge in [0, 0.05) is 31.9 Å². The summed E-state index contributed by atoms with van der Waals surface area (Å²) in [5.74, 6) is 0. The molecule has 0 saturated heterocycles. The first-order chi connectivity index (χ1) is 8.61. The molecule has 0 fully saturated rings. The van der Waals surface area contributed by atoms with Gasteiger partial charge in [-0.3, -0.25) is 0 Å². The normalized spacial score (nSPS) is 12.7. The molecule has 2 aromatic rings. The monoisotopic (exact) mass is 363 g/mol. The molecule has 0 amide bonds. The van der Waals surface area contributed by atoms with Gasteiger partial charge in [0.1, 0.15) is 0 Å². The van der Waals surface area contributed by atoms with Crippen LogP contribution in [0.4, 0.5) is 0 Å². The summed E-state index contributed by atoms with van der Waals surface area (Å²) in [6.07, 6.45) is 0.899. The average molecular weight is 365 g/mol. The first-order valence-electron chi connectivity index (χ1n) is 5.46. The van der Waals surface area contributed by atoms with E-state index in [1.165, 1.54) is 4.88 Å². The van der Waals surface area contributed by atoms with Crippen LogP contribution in [0.3, 0.4) is 0 Å². The Balaban J connectivity index is 2.26. The average Bonchev–Trinajstić information content (AvgIpc) is 2.73. The summed E-state index contributed by atoms with van der Waals surface area (Å²) in [5.41, 5.74) is 1.07. The maximum absolute atomic E-state index is 6.25. The van der Waals surface area contributed by atoms with Gasteiger partial charge in [-0.1, -0.05) is 29.3 Å². The summed E-state index contributed by atoms with van der Waals surface area (Å²) in [6.45, 7) is 0. The van der Waals surface area contributed by atoms with Gasteiger partial charge in [0.15, 0.2) is 0 Å². The van der Waals surface area contributed by atoms with Crippen molar-refractivity contribution in [3.8, 4) is 0 Å². The molecule has 1 aromatic carbocycles. The molecule has 1 aromatic heterocycles. The SMILES string of the molecule is CNC(Cc1sccc1Br)c1ccc(Cl)cc1Cl. The third-order valence-corrected chi connectivity index (χ3v) is 5.28. The quantitative estimate of drug-likeness (QED) is 0.773. The highest BCUT2D eigenvalue weighted by molar-refractivity contribution is 9.10. The van der Waals surface area contributed by atoms with Crippen LogP contribution < -0.4 is 5.32 Å². The molecule has 18 heavy (non-hydrogen) atoms. The van der Waals surface area contributed by atoms with Gasteiger partial charge in [-0.05, 0) is 52.1 Å². The lowest BCUT2D eigenvalue weighted by atomic mass is 10.0. The van der Waals surface area contributed by atoms with Crippen LogP contribution in [0.25, 0.3) is 0 Å². The Bertz CT molecular complexity index is 542. The van der Waals surface area contributed by atoms with E-state index in [0.717, 1.165) is 16.5 Å². The fraction of sp³-hybridized carbons (Fsp3) is 0.231. The largest absolute Gasteiger partial charge is 0.313 e. The second-order valence-electron chi connectivity index (χ2n) is 3.90. The van der Waals surface area contributed by atoms with Crippen molar-refractivity contribution in [2.75, 3.05) is 7.05 Å². The molecule has 1 unspecified atom stereocenters. The van der Waals surface area contributed by atoms with E-state index in [0.29, 0.717) is 10.0 Å². The fourth-order valence-electron chi connectivity index (χ4n) is 1.81. The maximum atomic E-state index is 6.25. The minimum absolute atomic E-state index is 0.185. The van der Waals surface area contributed by atoms with Crippen LogP contribution in [-0.4, -0.2) is 7.05 Å². The predicted molar refractivity (Wildman–Crippen MR) is 84.0 cm³/mol. The molecule has 5 heteroatoms. The molecule has 2 rings (SSSR count). The van der Waals surface area contributed by atoms with Gasteiger partial charge >= 0.3 is 0 Å². The van der Waals surface area contributed by atoms with Crippen LogP contribution in [0.5, 0.6) is 0 Å². The molecule has 1 nitrogen and oxygen atoms in total. The van der Waals surface area contributed by atoms with Crippen molar-refractivity contribution in [3.05, 3.63) is 54.6 Å². The van der Waals surface area contributed by atoms with Gasteiger partial charge < -0.3 is 5.32 Å². The second-order valence-corrected chi connectivity index (χ2v) is 6.60. The number of thiophene rings is 1. The highest BCUT2D eigenvalue weighted by Gasteiger charge is 2.15. The molecule has 0 aliphatic heterocycles. The Morgan fingerprint density at radius 2 is 2.11 bits per heavy atom. The van der Waals surface area contributed by atoms with Gasteiger partial charge in [-0.2, -0.15) is 0 Å². The highest BCUT2D eigenvalue weighted by Crippen LogP contribution is 2.32. The predicted octanol–water partition coefficient (Wildman–Crippen LogP) is 5.32. The lowest BCUT2D eigenvalue weighted by Gasteiger charge is -2.17. The molecule has 0 bridgehead atoms. The summed E-state index contributed by atoms with van der Waals surface area (Å²) in [7, 11) is 1.94. The van der Waals surface area contributed by atoms with Crippen LogP contribution in [0, 0.1) is 0 Å². The lowest BCUT2D eigenvalue weighted by molar-refractivity contribution is 0.596. The first-order valence-corrected chi connectivity index (χ1v) is 7.88. The van der Waals surface area contributed by atoms with E-state index >= 15 is 0 Å². The zero-order valence-electron chi connectivity index (χ0n) is 9.71. The van der Waals surface area contributed by atoms with E-state index in [1.54, 1.807) is 17.4 Å². The number of benzene rings is 1. The Morgan fingerprint density at radius 3 is 2.67 bits per heavy atom. The van der Waals surface area contributed by atoms with E-state index in [-0.39, 0.29) is 6.04 Å². The molecule has 1 heterocycles. The third-order valence-electron chi connectivity index (χ3n) is 2.77. The molecular formula is C13H12BrCl2NS. The zero-order valence-corrected chi connectivity index (χ0v) is 13.6. The van der Waals surface area contributed by atoms with Crippen LogP contribution in [0.2, 0.25) is 10.0 Å². The number of nitrogens with one attached hydrogen (secondary N) is 1. The Labute approximate surface area is 129 Å². The molecule has 0 radical (unpaired) electrons. The van der Waals surface area contributed by atoms with Crippen molar-refractivity contribution in [3.63, 3.8) is 0 Å². The van der Waals surface area contributed by atoms with Gasteiger partial charge in [0.05, 0.1) is 0 Å². The fourth-order valence-corrected chi connectivity index (χ4v) is 3.91. The second kappa shape index (κ2) is 6.40. The van der Waals surface area contributed by atoms with Crippen molar-refractivity contribution in [1.29, 1.82) is 0 Å². The van der Waals surface area contributed by atoms with E-state index in [9.17, 15) is 0 Å². The van der Waals surface area contributed by atoms with Crippen LogP contribution in [-0.2, 0) is 6.42 Å². The number of likely N-dealkylation sites (N-methyl/N-ethyl adjacent to an activating group) is 1. The minimum atomic E-state index is 0.185. The van der Waals surface area contributed by atoms with Crippen LogP contribution in [0.1, 0.15) is 16.5 Å². The summed E-state index contributed by atoms with van der Waals surface area (Å²) in [5, 5.41) is 6.75. The van der Waals surface area contributed by atoms with E-state index in [1.807, 2.05) is 19.2 Å². The number of rotatable bonds is 4. The summed E-state index contributed by atoms with van der Waals surface area (Å²) in [6, 6.07) is 7.89. The third kappa shape index (κ3) is 3.28. The molecule has 0 spiro atoms. The van der Waals surface area contributed by atoms with Crippen molar-refractivity contribution in [2.45, 2.75) is 12.5 Å². The van der Waals surface area contributed by atoms with E-state index < -0.39 is 0 Å². The first kappa shape index (κ1) is 14.4. The topological polar surface area (TPSA) is 12.0 Å². The van der Waals surface area contributed by atoms with Gasteiger partial charge in [0.25, 0.3) is 0 Å². The Kier molecular flexibility index (Phi) is 5.10. The van der Waals surface area contributed by atoms with Crippen LogP contribution in [0.15, 0.2) is 34.1 Å². The Morgan fingerprint density at radius 1 is 1.33 bits per heavy atom. The minimum Gasteiger partial charge on any atom is -0.313 e. The highest BCUT2D eigenvalue weighted by atomic mass is 79.9. The molecule has 1 atom stereocenters. The van der Waals surface area contributed by atoms with E-state index in [4.69, 9.17) is 23.2 Å². The Hall–Kier alpha value is -0.0600. The van der Waals surface area contributed by atoms with Crippen molar-refractivity contribution in [1.82, 2.24) is 5.32 Å². The molecule has 1 N–H and O–H groups in total. The summed E-state index contributed by atoms with van der Waals surface area (Å²) < 4.78 is 1.15.